The van der Waals surface area contributed by atoms with Gasteiger partial charge in [0.2, 0.25) is 0 Å². The summed E-state index contributed by atoms with van der Waals surface area (Å²) < 4.78 is 0. The third kappa shape index (κ3) is 2.26. The number of hydrogen-bond donors (Lipinski definition) is 0. The standard InChI is InChI=1S/C8H12N2.BrH/c1-5-6(2)10-8(4)7(3)9-5;/h1-4H3;1H. The minimum atomic E-state index is 0. The Balaban J connectivity index is 0.000001000. The molecular formula is C8H13BrN2. The summed E-state index contributed by atoms with van der Waals surface area (Å²) in [4.78, 5) is 7.59. The van der Waals surface area contributed by atoms with Crippen molar-refractivity contribution in [2.75, 3.05) is 0 Å². The number of nitrogens with one attached hydrogen (secondary N) is 1. The molecule has 11 heavy (non-hydrogen) atoms. The zero-order chi connectivity index (χ0) is 7.72. The largest absolute Gasteiger partial charge is 1.00 e. The van der Waals surface area contributed by atoms with Crippen molar-refractivity contribution in [3.05, 3.63) is 22.8 Å². The number of aryl methyl sites for hydroxylation is 4. The molecular weight excluding hydrogens is 204 g/mol. The fraction of sp³-hybridized carbons (Fsp3) is 0.500. The highest BCUT2D eigenvalue weighted by Gasteiger charge is 2.05. The molecule has 0 bridgehead atoms. The number of halogens is 1. The van der Waals surface area contributed by atoms with Crippen LogP contribution in [0.2, 0.25) is 0 Å². The maximum atomic E-state index is 4.34. The summed E-state index contributed by atoms with van der Waals surface area (Å²) in [5.74, 6) is 0. The molecule has 0 amide bonds. The minimum absolute atomic E-state index is 0. The van der Waals surface area contributed by atoms with Gasteiger partial charge in [-0.3, -0.25) is 0 Å². The molecule has 0 radical (unpaired) electrons. The second-order valence-corrected chi connectivity index (χ2v) is 2.66. The molecule has 0 aliphatic rings. The summed E-state index contributed by atoms with van der Waals surface area (Å²) in [7, 11) is 0. The van der Waals surface area contributed by atoms with E-state index in [1.165, 1.54) is 0 Å². The highest BCUT2D eigenvalue weighted by atomic mass is 79.9. The van der Waals surface area contributed by atoms with Gasteiger partial charge in [-0.25, -0.2) is 9.97 Å². The average molecular weight is 217 g/mol. The maximum Gasteiger partial charge on any atom is 0.198 e. The number of H-pyrrole nitrogens is 1. The normalized spacial score (nSPS) is 9.09. The van der Waals surface area contributed by atoms with Gasteiger partial charge in [-0.15, -0.1) is 0 Å². The molecule has 0 atom stereocenters. The van der Waals surface area contributed by atoms with Crippen LogP contribution in [0.4, 0.5) is 0 Å². The monoisotopic (exact) mass is 216 g/mol. The molecule has 1 rings (SSSR count). The van der Waals surface area contributed by atoms with Crippen molar-refractivity contribution in [3.63, 3.8) is 0 Å². The van der Waals surface area contributed by atoms with Crippen LogP contribution < -0.4 is 22.0 Å². The van der Waals surface area contributed by atoms with E-state index in [1.807, 2.05) is 27.7 Å². The van der Waals surface area contributed by atoms with Gasteiger partial charge in [-0.1, -0.05) is 0 Å². The third-order valence-corrected chi connectivity index (χ3v) is 1.80. The second-order valence-electron chi connectivity index (χ2n) is 2.66. The zero-order valence-electron chi connectivity index (χ0n) is 7.33. The Kier molecular flexibility index (Phi) is 3.66. The van der Waals surface area contributed by atoms with Crippen LogP contribution in [0.25, 0.3) is 0 Å². The molecule has 1 aromatic rings. The number of nitrogens with zero attached hydrogens (tertiary/aromatic N) is 1. The highest BCUT2D eigenvalue weighted by molar-refractivity contribution is 5.08. The lowest BCUT2D eigenvalue weighted by molar-refractivity contribution is -0.399. The molecule has 1 heterocycles. The molecule has 0 fully saturated rings. The van der Waals surface area contributed by atoms with E-state index in [4.69, 9.17) is 0 Å². The molecule has 1 aromatic heterocycles. The maximum absolute atomic E-state index is 4.34. The van der Waals surface area contributed by atoms with Crippen molar-refractivity contribution < 1.29 is 22.0 Å². The van der Waals surface area contributed by atoms with Crippen molar-refractivity contribution in [3.8, 4) is 0 Å². The van der Waals surface area contributed by atoms with Crippen molar-refractivity contribution in [1.82, 2.24) is 4.98 Å². The number of rotatable bonds is 0. The molecule has 62 valence electrons. The van der Waals surface area contributed by atoms with E-state index >= 15 is 0 Å². The third-order valence-electron chi connectivity index (χ3n) is 1.80. The molecule has 0 aliphatic carbocycles. The van der Waals surface area contributed by atoms with E-state index in [0.717, 1.165) is 22.8 Å². The van der Waals surface area contributed by atoms with Gasteiger partial charge < -0.3 is 17.0 Å². The molecule has 0 aliphatic heterocycles. The molecule has 0 saturated heterocycles. The summed E-state index contributed by atoms with van der Waals surface area (Å²) in [5.41, 5.74) is 4.48. The smallest absolute Gasteiger partial charge is 0.198 e. The number of aromatic amines is 1. The Morgan fingerprint density at radius 3 is 1.55 bits per heavy atom. The van der Waals surface area contributed by atoms with Gasteiger partial charge in [-0.05, 0) is 13.8 Å². The summed E-state index contributed by atoms with van der Waals surface area (Å²) in [5, 5.41) is 0. The number of aromatic nitrogens is 2. The Labute approximate surface area is 77.8 Å². The Morgan fingerprint density at radius 1 is 0.909 bits per heavy atom. The van der Waals surface area contributed by atoms with Crippen LogP contribution in [0.5, 0.6) is 0 Å². The number of hydrogen-bond acceptors (Lipinski definition) is 1. The van der Waals surface area contributed by atoms with Crippen LogP contribution in [0.3, 0.4) is 0 Å². The summed E-state index contributed by atoms with van der Waals surface area (Å²) in [6.07, 6.45) is 0. The van der Waals surface area contributed by atoms with Crippen LogP contribution in [-0.4, -0.2) is 4.98 Å². The van der Waals surface area contributed by atoms with Gasteiger partial charge in [0.05, 0.1) is 0 Å². The van der Waals surface area contributed by atoms with E-state index in [9.17, 15) is 0 Å². The van der Waals surface area contributed by atoms with Gasteiger partial charge in [0.25, 0.3) is 0 Å². The molecule has 0 unspecified atom stereocenters. The zero-order valence-corrected chi connectivity index (χ0v) is 8.91. The molecule has 0 saturated carbocycles. The van der Waals surface area contributed by atoms with E-state index in [0.29, 0.717) is 0 Å². The van der Waals surface area contributed by atoms with Crippen molar-refractivity contribution in [2.45, 2.75) is 27.7 Å². The first-order chi connectivity index (χ1) is 4.61. The fourth-order valence-corrected chi connectivity index (χ4v) is 0.881. The lowest BCUT2D eigenvalue weighted by Crippen LogP contribution is -3.00. The topological polar surface area (TPSA) is 27.0 Å². The molecule has 1 N–H and O–H groups in total. The second kappa shape index (κ2) is 3.81. The van der Waals surface area contributed by atoms with Crippen LogP contribution >= 0.6 is 0 Å². The fourth-order valence-electron chi connectivity index (χ4n) is 0.881. The SMILES string of the molecule is Cc1nc(C)c(C)[nH+]c1C.[Br-]. The molecule has 0 aromatic carbocycles. The Morgan fingerprint density at radius 2 is 1.27 bits per heavy atom. The van der Waals surface area contributed by atoms with E-state index in [2.05, 4.69) is 9.97 Å². The Hall–Kier alpha value is -0.440. The first-order valence-electron chi connectivity index (χ1n) is 3.45. The summed E-state index contributed by atoms with van der Waals surface area (Å²) in [6.45, 7) is 8.10. The minimum Gasteiger partial charge on any atom is -1.00 e. The van der Waals surface area contributed by atoms with Crippen LogP contribution in [0.1, 0.15) is 22.8 Å². The molecule has 0 spiro atoms. The lowest BCUT2D eigenvalue weighted by atomic mass is 10.3. The molecule has 3 heteroatoms. The van der Waals surface area contributed by atoms with Gasteiger partial charge in [0.15, 0.2) is 11.4 Å². The quantitative estimate of drug-likeness (QED) is 0.500. The van der Waals surface area contributed by atoms with E-state index < -0.39 is 0 Å². The van der Waals surface area contributed by atoms with Crippen LogP contribution in [0.15, 0.2) is 0 Å². The van der Waals surface area contributed by atoms with Gasteiger partial charge >= 0.3 is 0 Å². The lowest BCUT2D eigenvalue weighted by Gasteiger charge is -1.95. The highest BCUT2D eigenvalue weighted by Crippen LogP contribution is 1.99. The van der Waals surface area contributed by atoms with Crippen molar-refractivity contribution in [2.24, 2.45) is 0 Å². The van der Waals surface area contributed by atoms with Crippen molar-refractivity contribution >= 4 is 0 Å². The van der Waals surface area contributed by atoms with Crippen molar-refractivity contribution in [1.29, 1.82) is 0 Å². The van der Waals surface area contributed by atoms with Crippen LogP contribution in [-0.2, 0) is 0 Å². The predicted molar refractivity (Wildman–Crippen MR) is 39.7 cm³/mol. The van der Waals surface area contributed by atoms with Gasteiger partial charge in [-0.2, -0.15) is 0 Å². The predicted octanol–water partition coefficient (Wildman–Crippen LogP) is -1.87. The Bertz CT molecular complexity index is 208. The first kappa shape index (κ1) is 10.6. The summed E-state index contributed by atoms with van der Waals surface area (Å²) in [6, 6.07) is 0. The van der Waals surface area contributed by atoms with E-state index in [1.54, 1.807) is 0 Å². The molecule has 2 nitrogen and oxygen atoms in total. The van der Waals surface area contributed by atoms with Gasteiger partial charge in [0, 0.05) is 13.8 Å². The van der Waals surface area contributed by atoms with Gasteiger partial charge in [0.1, 0.15) is 11.4 Å². The van der Waals surface area contributed by atoms with Crippen LogP contribution in [0, 0.1) is 27.7 Å². The summed E-state index contributed by atoms with van der Waals surface area (Å²) >= 11 is 0. The van der Waals surface area contributed by atoms with E-state index in [-0.39, 0.29) is 17.0 Å². The average Bonchev–Trinajstić information content (AvgIpc) is 1.84. The first-order valence-corrected chi connectivity index (χ1v) is 3.45.